The number of ether oxygens (including phenoxy) is 1. The zero-order valence-corrected chi connectivity index (χ0v) is 30.2. The van der Waals surface area contributed by atoms with E-state index in [9.17, 15) is 28.8 Å². The average molecular weight is 694 g/mol. The van der Waals surface area contributed by atoms with Crippen LogP contribution >= 0.6 is 0 Å². The number of likely N-dealkylation sites (tertiary alicyclic amines) is 1. The molecule has 1 aromatic rings. The monoisotopic (exact) mass is 693 g/mol. The van der Waals surface area contributed by atoms with Crippen LogP contribution in [-0.4, -0.2) is 71.1 Å². The number of hydrogen-bond donors (Lipinski definition) is 4. The first-order valence-corrected chi connectivity index (χ1v) is 18.0. The van der Waals surface area contributed by atoms with Gasteiger partial charge in [-0.1, -0.05) is 94.9 Å². The molecule has 1 heterocycles. The second-order valence-electron chi connectivity index (χ2n) is 15.6. The number of ketones is 1. The molecule has 3 fully saturated rings. The van der Waals surface area contributed by atoms with E-state index in [0.717, 1.165) is 56.1 Å². The lowest BCUT2D eigenvalue weighted by Gasteiger charge is -2.36. The standard InChI is InChI=1S/C38H55N5O7/c1-23(2)18-26-20-29(34(46)40-28(31(44)33(39)45)19-24-14-11-15-24)43(21-26)35(47)32(38(3,4)5)42-37(49)41-30(27-16-9-10-17-27)36(48)50-22-25-12-7-6-8-13-25/h6-8,12-13,18,24,26-30,32H,9-11,14-17,19-22H2,1-5H3,(H2,39,45)(H,40,46)(H2,41,42,49)/t26-,28?,29+,30+,32-/m1/s1. The van der Waals surface area contributed by atoms with Gasteiger partial charge in [0.15, 0.2) is 0 Å². The second kappa shape index (κ2) is 17.1. The molecule has 4 rings (SSSR count). The Balaban J connectivity index is 1.51. The summed E-state index contributed by atoms with van der Waals surface area (Å²) >= 11 is 0. The Morgan fingerprint density at radius 3 is 2.16 bits per heavy atom. The third-order valence-electron chi connectivity index (χ3n) is 10.2. The molecule has 2 saturated carbocycles. The van der Waals surface area contributed by atoms with Crippen LogP contribution in [0.5, 0.6) is 0 Å². The predicted octanol–water partition coefficient (Wildman–Crippen LogP) is 3.92. The first kappa shape index (κ1) is 38.6. The van der Waals surface area contributed by atoms with Crippen molar-refractivity contribution in [3.05, 3.63) is 47.5 Å². The zero-order chi connectivity index (χ0) is 36.6. The summed E-state index contributed by atoms with van der Waals surface area (Å²) in [4.78, 5) is 81.3. The lowest BCUT2D eigenvalue weighted by atomic mass is 9.80. The highest BCUT2D eigenvalue weighted by Crippen LogP contribution is 2.33. The minimum atomic E-state index is -1.11. The van der Waals surface area contributed by atoms with Crippen molar-refractivity contribution >= 4 is 35.5 Å². The summed E-state index contributed by atoms with van der Waals surface area (Å²) in [5.74, 6) is -3.53. The number of nitrogens with zero attached hydrogens (tertiary/aromatic N) is 1. The Labute approximate surface area is 295 Å². The summed E-state index contributed by atoms with van der Waals surface area (Å²) < 4.78 is 5.63. The molecule has 3 aliphatic rings. The van der Waals surface area contributed by atoms with Crippen LogP contribution in [0, 0.1) is 23.2 Å². The van der Waals surface area contributed by atoms with Crippen LogP contribution in [0.25, 0.3) is 0 Å². The fourth-order valence-electron chi connectivity index (χ4n) is 7.29. The van der Waals surface area contributed by atoms with Gasteiger partial charge in [0, 0.05) is 6.54 Å². The summed E-state index contributed by atoms with van der Waals surface area (Å²) in [6, 6.07) is 4.66. The normalized spacial score (nSPS) is 21.3. The Kier molecular flexibility index (Phi) is 13.2. The van der Waals surface area contributed by atoms with Crippen LogP contribution < -0.4 is 21.7 Å². The number of allylic oxidation sites excluding steroid dienone is 1. The number of carbonyl (C=O) groups is 6. The van der Waals surface area contributed by atoms with E-state index < -0.39 is 65.1 Å². The third-order valence-corrected chi connectivity index (χ3v) is 10.2. The Morgan fingerprint density at radius 1 is 0.940 bits per heavy atom. The van der Waals surface area contributed by atoms with E-state index in [0.29, 0.717) is 12.8 Å². The number of urea groups is 1. The second-order valence-corrected chi connectivity index (χ2v) is 15.6. The molecule has 12 nitrogen and oxygen atoms in total. The smallest absolute Gasteiger partial charge is 0.329 e. The van der Waals surface area contributed by atoms with Crippen molar-refractivity contribution in [3.8, 4) is 0 Å². The molecule has 1 saturated heterocycles. The Bertz CT molecular complexity index is 1420. The van der Waals surface area contributed by atoms with Crippen LogP contribution in [0.2, 0.25) is 0 Å². The Morgan fingerprint density at radius 2 is 1.60 bits per heavy atom. The lowest BCUT2D eigenvalue weighted by Crippen LogP contribution is -2.61. The van der Waals surface area contributed by atoms with Crippen molar-refractivity contribution in [2.24, 2.45) is 28.9 Å². The summed E-state index contributed by atoms with van der Waals surface area (Å²) in [5, 5.41) is 8.41. The number of benzene rings is 1. The van der Waals surface area contributed by atoms with Gasteiger partial charge in [-0.25, -0.2) is 9.59 Å². The number of hydrogen-bond acceptors (Lipinski definition) is 7. The van der Waals surface area contributed by atoms with Gasteiger partial charge in [0.05, 0.1) is 6.04 Å². The van der Waals surface area contributed by atoms with E-state index in [1.807, 2.05) is 71.0 Å². The zero-order valence-electron chi connectivity index (χ0n) is 30.2. The van der Waals surface area contributed by atoms with Gasteiger partial charge < -0.3 is 31.3 Å². The van der Waals surface area contributed by atoms with E-state index in [2.05, 4.69) is 16.0 Å². The molecule has 0 spiro atoms. The first-order chi connectivity index (χ1) is 23.6. The van der Waals surface area contributed by atoms with Gasteiger partial charge in [-0.2, -0.15) is 0 Å². The highest BCUT2D eigenvalue weighted by molar-refractivity contribution is 6.37. The van der Waals surface area contributed by atoms with Crippen LogP contribution in [0.3, 0.4) is 0 Å². The maximum absolute atomic E-state index is 14.4. The van der Waals surface area contributed by atoms with Crippen molar-refractivity contribution < 1.29 is 33.5 Å². The molecule has 0 aromatic heterocycles. The predicted molar refractivity (Wildman–Crippen MR) is 188 cm³/mol. The summed E-state index contributed by atoms with van der Waals surface area (Å²) in [6.07, 6.45) is 8.88. The number of carbonyl (C=O) groups excluding carboxylic acids is 6. The number of nitrogens with two attached hydrogens (primary N) is 1. The molecular formula is C38H55N5O7. The molecule has 0 bridgehead atoms. The molecule has 5 N–H and O–H groups in total. The van der Waals surface area contributed by atoms with E-state index in [4.69, 9.17) is 10.5 Å². The highest BCUT2D eigenvalue weighted by Gasteiger charge is 2.46. The van der Waals surface area contributed by atoms with Gasteiger partial charge >= 0.3 is 12.0 Å². The number of esters is 1. The molecule has 50 heavy (non-hydrogen) atoms. The van der Waals surface area contributed by atoms with Gasteiger partial charge in [0.2, 0.25) is 17.6 Å². The van der Waals surface area contributed by atoms with Crippen molar-refractivity contribution in [1.82, 2.24) is 20.9 Å². The minimum absolute atomic E-state index is 0.0765. The van der Waals surface area contributed by atoms with Gasteiger partial charge in [0.1, 0.15) is 24.7 Å². The van der Waals surface area contributed by atoms with Crippen molar-refractivity contribution in [3.63, 3.8) is 0 Å². The summed E-state index contributed by atoms with van der Waals surface area (Å²) in [7, 11) is 0. The number of rotatable bonds is 14. The number of nitrogens with one attached hydrogen (secondary N) is 3. The first-order valence-electron chi connectivity index (χ1n) is 18.0. The molecule has 0 radical (unpaired) electrons. The van der Waals surface area contributed by atoms with E-state index in [1.165, 1.54) is 4.90 Å². The van der Waals surface area contributed by atoms with Gasteiger partial charge in [-0.3, -0.25) is 19.2 Å². The third kappa shape index (κ3) is 10.4. The Hall–Kier alpha value is -4.22. The van der Waals surface area contributed by atoms with E-state index in [-0.39, 0.29) is 30.9 Å². The molecule has 2 aliphatic carbocycles. The minimum Gasteiger partial charge on any atom is -0.459 e. The van der Waals surface area contributed by atoms with Crippen molar-refractivity contribution in [1.29, 1.82) is 0 Å². The highest BCUT2D eigenvalue weighted by atomic mass is 16.5. The molecule has 274 valence electrons. The maximum atomic E-state index is 14.4. The molecule has 12 heteroatoms. The van der Waals surface area contributed by atoms with E-state index in [1.54, 1.807) is 0 Å². The van der Waals surface area contributed by atoms with Crippen LogP contribution in [0.1, 0.15) is 98.0 Å². The SMILES string of the molecule is CC(C)=C[C@@H]1C[C@@H](C(=O)NC(CC2CCC2)C(=O)C(N)=O)N(C(=O)[C@@H](NC(=O)N[C@H](C(=O)OCc2ccccc2)C2CCCC2)C(C)(C)C)C1. The number of amides is 5. The van der Waals surface area contributed by atoms with Gasteiger partial charge in [-0.05, 0) is 68.3 Å². The average Bonchev–Trinajstić information content (AvgIpc) is 3.72. The molecule has 5 amide bonds. The van der Waals surface area contributed by atoms with E-state index >= 15 is 0 Å². The summed E-state index contributed by atoms with van der Waals surface area (Å²) in [6.45, 7) is 9.63. The quantitative estimate of drug-likeness (QED) is 0.130. The molecule has 1 unspecified atom stereocenters. The van der Waals surface area contributed by atoms with Crippen molar-refractivity contribution in [2.45, 2.75) is 123 Å². The maximum Gasteiger partial charge on any atom is 0.329 e. The molecule has 1 aromatic carbocycles. The van der Waals surface area contributed by atoms with Gasteiger partial charge in [-0.15, -0.1) is 0 Å². The van der Waals surface area contributed by atoms with Crippen molar-refractivity contribution in [2.75, 3.05) is 6.54 Å². The molecule has 1 aliphatic heterocycles. The summed E-state index contributed by atoms with van der Waals surface area (Å²) in [5.41, 5.74) is 6.41. The molecular weight excluding hydrogens is 638 g/mol. The van der Waals surface area contributed by atoms with Crippen LogP contribution in [-0.2, 0) is 35.3 Å². The topological polar surface area (TPSA) is 177 Å². The fourth-order valence-corrected chi connectivity index (χ4v) is 7.29. The fraction of sp³-hybridized carbons (Fsp3) is 0.632. The van der Waals surface area contributed by atoms with Gasteiger partial charge in [0.25, 0.3) is 5.91 Å². The van der Waals surface area contributed by atoms with Crippen LogP contribution in [0.4, 0.5) is 4.79 Å². The lowest BCUT2D eigenvalue weighted by molar-refractivity contribution is -0.148. The largest absolute Gasteiger partial charge is 0.459 e. The van der Waals surface area contributed by atoms with Crippen LogP contribution in [0.15, 0.2) is 42.0 Å². The number of primary amides is 1. The number of Topliss-reactive ketones (excluding diaryl/α,β-unsaturated/α-hetero) is 1. The molecule has 5 atom stereocenters.